The number of hydrogen-bond acceptors (Lipinski definition) is 6. The van der Waals surface area contributed by atoms with Gasteiger partial charge < -0.3 is 14.9 Å². The van der Waals surface area contributed by atoms with E-state index in [0.717, 1.165) is 54.0 Å². The van der Waals surface area contributed by atoms with Crippen LogP contribution in [0, 0.1) is 0 Å². The fraction of sp³-hybridized carbons (Fsp3) is 0.429. The fourth-order valence-electron chi connectivity index (χ4n) is 4.38. The van der Waals surface area contributed by atoms with Gasteiger partial charge in [-0.25, -0.2) is 9.97 Å². The summed E-state index contributed by atoms with van der Waals surface area (Å²) in [6, 6.07) is 9.76. The van der Waals surface area contributed by atoms with Gasteiger partial charge in [-0.1, -0.05) is 59.2 Å². The second kappa shape index (κ2) is 10.4. The Morgan fingerprint density at radius 1 is 1.03 bits per heavy atom. The van der Waals surface area contributed by atoms with Crippen LogP contribution in [-0.4, -0.2) is 57.5 Å². The lowest BCUT2D eigenvalue weighted by Crippen LogP contribution is -2.51. The smallest absolute Gasteiger partial charge is 0.189 e. The maximum Gasteiger partial charge on any atom is 0.189 e. The molecule has 0 spiro atoms. The Balaban J connectivity index is 1.43. The molecule has 0 atom stereocenters. The number of hydrazone groups is 1. The number of thiocarbonyl (C=S) groups is 1. The average Bonchev–Trinajstić information content (AvgIpc) is 2.83. The Hall–Kier alpha value is -2.97. The molecular formula is C28H35ClN6OS. The number of aromatic hydroxyl groups is 1. The maximum atomic E-state index is 11.0. The quantitative estimate of drug-likeness (QED) is 0.255. The molecule has 1 aliphatic rings. The van der Waals surface area contributed by atoms with Crippen molar-refractivity contribution in [2.45, 2.75) is 52.4 Å². The van der Waals surface area contributed by atoms with E-state index in [1.165, 1.54) is 0 Å². The zero-order valence-corrected chi connectivity index (χ0v) is 23.9. The van der Waals surface area contributed by atoms with Crippen LogP contribution in [0.5, 0.6) is 5.75 Å². The van der Waals surface area contributed by atoms with E-state index in [-0.39, 0.29) is 16.6 Å². The van der Waals surface area contributed by atoms with Crippen LogP contribution in [0.25, 0.3) is 10.9 Å². The number of hydrogen-bond donors (Lipinski definition) is 2. The Morgan fingerprint density at radius 2 is 1.73 bits per heavy atom. The van der Waals surface area contributed by atoms with Gasteiger partial charge in [0.25, 0.3) is 0 Å². The highest BCUT2D eigenvalue weighted by atomic mass is 35.5. The number of benzene rings is 2. The Bertz CT molecular complexity index is 1340. The van der Waals surface area contributed by atoms with Crippen molar-refractivity contribution in [3.63, 3.8) is 0 Å². The van der Waals surface area contributed by atoms with Gasteiger partial charge in [-0.15, -0.1) is 0 Å². The van der Waals surface area contributed by atoms with Crippen LogP contribution in [0.4, 0.5) is 5.82 Å². The van der Waals surface area contributed by atoms with Crippen LogP contribution in [0.3, 0.4) is 0 Å². The maximum absolute atomic E-state index is 11.0. The molecule has 4 rings (SSSR count). The van der Waals surface area contributed by atoms with Crippen molar-refractivity contribution >= 4 is 51.9 Å². The normalized spacial score (nSPS) is 15.0. The first-order valence-corrected chi connectivity index (χ1v) is 13.2. The summed E-state index contributed by atoms with van der Waals surface area (Å²) in [6.45, 7) is 15.8. The van der Waals surface area contributed by atoms with Crippen LogP contribution in [0.15, 0.2) is 41.8 Å². The first kappa shape index (κ1) is 27.1. The van der Waals surface area contributed by atoms with E-state index in [0.29, 0.717) is 15.7 Å². The van der Waals surface area contributed by atoms with Crippen LogP contribution < -0.4 is 10.3 Å². The van der Waals surface area contributed by atoms with Crippen LogP contribution in [0.2, 0.25) is 5.02 Å². The Morgan fingerprint density at radius 3 is 2.38 bits per heavy atom. The van der Waals surface area contributed by atoms with E-state index < -0.39 is 0 Å². The monoisotopic (exact) mass is 538 g/mol. The second-order valence-electron chi connectivity index (χ2n) is 11.5. The van der Waals surface area contributed by atoms with Crippen molar-refractivity contribution in [1.82, 2.24) is 20.3 Å². The summed E-state index contributed by atoms with van der Waals surface area (Å²) in [4.78, 5) is 13.2. The van der Waals surface area contributed by atoms with Gasteiger partial charge in [0, 0.05) is 47.7 Å². The SMILES string of the molecule is CC(C)(C)c1cc(C=NNC(=S)N2CCN(c3ncnc4ccc(Cl)cc34)CC2)c(O)c(C(C)(C)C)c1. The molecule has 37 heavy (non-hydrogen) atoms. The number of aromatic nitrogens is 2. The van der Waals surface area contributed by atoms with E-state index in [9.17, 15) is 5.11 Å². The molecule has 7 nitrogen and oxygen atoms in total. The first-order chi connectivity index (χ1) is 17.3. The number of phenolic OH excluding ortho intramolecular Hbond substituents is 1. The van der Waals surface area contributed by atoms with Crippen LogP contribution in [0.1, 0.15) is 58.2 Å². The molecule has 2 aromatic carbocycles. The molecule has 9 heteroatoms. The van der Waals surface area contributed by atoms with Gasteiger partial charge in [-0.05, 0) is 52.9 Å². The number of piperazine rings is 1. The number of fused-ring (bicyclic) bond motifs is 1. The molecule has 2 heterocycles. The third-order valence-corrected chi connectivity index (χ3v) is 7.20. The van der Waals surface area contributed by atoms with Crippen LogP contribution in [-0.2, 0) is 10.8 Å². The molecule has 0 saturated carbocycles. The average molecular weight is 539 g/mol. The molecule has 0 unspecified atom stereocenters. The molecule has 1 saturated heterocycles. The van der Waals surface area contributed by atoms with E-state index in [1.807, 2.05) is 24.3 Å². The van der Waals surface area contributed by atoms with E-state index in [2.05, 4.69) is 77.9 Å². The number of anilines is 1. The lowest BCUT2D eigenvalue weighted by atomic mass is 9.79. The summed E-state index contributed by atoms with van der Waals surface area (Å²) in [5, 5.41) is 17.5. The summed E-state index contributed by atoms with van der Waals surface area (Å²) < 4.78 is 0. The Kier molecular flexibility index (Phi) is 7.62. The van der Waals surface area contributed by atoms with Crippen molar-refractivity contribution in [1.29, 1.82) is 0 Å². The predicted octanol–water partition coefficient (Wildman–Crippen LogP) is 5.61. The molecule has 1 fully saturated rings. The summed E-state index contributed by atoms with van der Waals surface area (Å²) >= 11 is 11.8. The molecule has 0 bridgehead atoms. The van der Waals surface area contributed by atoms with Gasteiger partial charge in [-0.2, -0.15) is 5.10 Å². The summed E-state index contributed by atoms with van der Waals surface area (Å²) in [5.74, 6) is 1.13. The minimum Gasteiger partial charge on any atom is -0.507 e. The van der Waals surface area contributed by atoms with Gasteiger partial charge >= 0.3 is 0 Å². The van der Waals surface area contributed by atoms with Crippen LogP contribution >= 0.6 is 23.8 Å². The number of nitrogens with zero attached hydrogens (tertiary/aromatic N) is 5. The molecule has 196 valence electrons. The lowest BCUT2D eigenvalue weighted by molar-refractivity contribution is 0.380. The van der Waals surface area contributed by atoms with Crippen molar-refractivity contribution in [2.24, 2.45) is 5.10 Å². The summed E-state index contributed by atoms with van der Waals surface area (Å²) in [6.07, 6.45) is 3.24. The van der Waals surface area contributed by atoms with Crippen molar-refractivity contribution in [2.75, 3.05) is 31.1 Å². The molecule has 1 aromatic heterocycles. The highest BCUT2D eigenvalue weighted by Gasteiger charge is 2.25. The van der Waals surface area contributed by atoms with Gasteiger partial charge in [0.2, 0.25) is 0 Å². The number of halogens is 1. The summed E-state index contributed by atoms with van der Waals surface area (Å²) in [5.41, 5.74) is 6.33. The van der Waals surface area contributed by atoms with Gasteiger partial charge in [-0.3, -0.25) is 5.43 Å². The minimum atomic E-state index is -0.198. The van der Waals surface area contributed by atoms with Gasteiger partial charge in [0.15, 0.2) is 5.11 Å². The topological polar surface area (TPSA) is 76.9 Å². The first-order valence-electron chi connectivity index (χ1n) is 12.5. The van der Waals surface area contributed by atoms with E-state index in [4.69, 9.17) is 23.8 Å². The number of rotatable bonds is 3. The zero-order chi connectivity index (χ0) is 27.0. The molecule has 1 aliphatic heterocycles. The zero-order valence-electron chi connectivity index (χ0n) is 22.3. The van der Waals surface area contributed by atoms with Gasteiger partial charge in [0.05, 0.1) is 11.7 Å². The Labute approximate surface area is 229 Å². The molecule has 3 aromatic rings. The van der Waals surface area contributed by atoms with E-state index >= 15 is 0 Å². The number of phenols is 1. The summed E-state index contributed by atoms with van der Waals surface area (Å²) in [7, 11) is 0. The third kappa shape index (κ3) is 6.13. The fourth-order valence-corrected chi connectivity index (χ4v) is 4.78. The van der Waals surface area contributed by atoms with E-state index in [1.54, 1.807) is 12.5 Å². The number of nitrogens with one attached hydrogen (secondary N) is 1. The van der Waals surface area contributed by atoms with Crippen molar-refractivity contribution < 1.29 is 5.11 Å². The van der Waals surface area contributed by atoms with Gasteiger partial charge in [0.1, 0.15) is 17.9 Å². The minimum absolute atomic E-state index is 0.0565. The molecule has 0 radical (unpaired) electrons. The third-order valence-electron chi connectivity index (χ3n) is 6.62. The molecule has 2 N–H and O–H groups in total. The second-order valence-corrected chi connectivity index (χ2v) is 12.3. The highest BCUT2D eigenvalue weighted by Crippen LogP contribution is 2.37. The predicted molar refractivity (Wildman–Crippen MR) is 157 cm³/mol. The van der Waals surface area contributed by atoms with Crippen molar-refractivity contribution in [3.8, 4) is 5.75 Å². The lowest BCUT2D eigenvalue weighted by Gasteiger charge is -2.36. The molecule has 0 amide bonds. The molecule has 0 aliphatic carbocycles. The molecular weight excluding hydrogens is 504 g/mol. The largest absolute Gasteiger partial charge is 0.507 e. The highest BCUT2D eigenvalue weighted by molar-refractivity contribution is 7.80. The standard InChI is InChI=1S/C28H35ClN6OS/c1-27(2,3)19-13-18(24(36)22(14-19)28(4,5)6)16-32-33-26(37)35-11-9-34(10-12-35)25-21-15-20(29)7-8-23(21)30-17-31-25/h7-8,13-17,36H,9-12H2,1-6H3,(H,33,37). The van der Waals surface area contributed by atoms with Crippen molar-refractivity contribution in [3.05, 3.63) is 58.4 Å².